The van der Waals surface area contributed by atoms with Crippen molar-refractivity contribution in [3.05, 3.63) is 35.7 Å². The highest BCUT2D eigenvalue weighted by Gasteiger charge is 2.30. The van der Waals surface area contributed by atoms with Gasteiger partial charge in [0.1, 0.15) is 11.6 Å². The smallest absolute Gasteiger partial charge is 0.416 e. The van der Waals surface area contributed by atoms with Crippen molar-refractivity contribution in [2.75, 3.05) is 0 Å². The molecular formula is C16H18F3N3O3. The van der Waals surface area contributed by atoms with E-state index < -0.39 is 29.5 Å². The summed E-state index contributed by atoms with van der Waals surface area (Å²) in [6, 6.07) is 3.76. The number of aromatic nitrogens is 2. The Morgan fingerprint density at radius 1 is 1.20 bits per heavy atom. The van der Waals surface area contributed by atoms with Crippen LogP contribution >= 0.6 is 0 Å². The van der Waals surface area contributed by atoms with Gasteiger partial charge in [-0.15, -0.1) is 0 Å². The van der Waals surface area contributed by atoms with Gasteiger partial charge in [0.25, 0.3) is 0 Å². The van der Waals surface area contributed by atoms with Crippen LogP contribution in [0.5, 0.6) is 0 Å². The topological polar surface area (TPSA) is 77.2 Å². The molecule has 0 bridgehead atoms. The first-order valence-corrected chi connectivity index (χ1v) is 7.46. The lowest BCUT2D eigenvalue weighted by Crippen LogP contribution is -2.34. The first-order chi connectivity index (χ1) is 11.5. The summed E-state index contributed by atoms with van der Waals surface area (Å²) in [5.74, 6) is 0.238. The molecule has 0 aliphatic heterocycles. The number of alkyl halides is 3. The molecule has 0 fully saturated rings. The van der Waals surface area contributed by atoms with E-state index in [2.05, 4.69) is 15.5 Å². The Kier molecular flexibility index (Phi) is 5.05. The van der Waals surface area contributed by atoms with Crippen LogP contribution in [0.3, 0.4) is 0 Å². The molecule has 2 rings (SSSR count). The van der Waals surface area contributed by atoms with Gasteiger partial charge >= 0.3 is 12.3 Å². The molecular weight excluding hydrogens is 339 g/mol. The Morgan fingerprint density at radius 3 is 2.32 bits per heavy atom. The summed E-state index contributed by atoms with van der Waals surface area (Å²) in [6.45, 7) is 6.81. The van der Waals surface area contributed by atoms with Gasteiger partial charge in [-0.25, -0.2) is 4.79 Å². The molecule has 0 saturated carbocycles. The number of hydrogen-bond donors (Lipinski definition) is 1. The molecule has 1 atom stereocenters. The fourth-order valence-corrected chi connectivity index (χ4v) is 1.88. The Morgan fingerprint density at radius 2 is 1.80 bits per heavy atom. The third kappa shape index (κ3) is 5.20. The van der Waals surface area contributed by atoms with E-state index in [1.807, 2.05) is 0 Å². The number of amides is 1. The minimum atomic E-state index is -4.41. The number of halogens is 3. The number of nitrogens with one attached hydrogen (secondary N) is 1. The summed E-state index contributed by atoms with van der Waals surface area (Å²) >= 11 is 0. The van der Waals surface area contributed by atoms with Crippen molar-refractivity contribution in [2.45, 2.75) is 45.5 Å². The predicted octanol–water partition coefficient (Wildman–Crippen LogP) is 4.34. The average Bonchev–Trinajstić information content (AvgIpc) is 2.94. The maximum atomic E-state index is 12.6. The van der Waals surface area contributed by atoms with Crippen LogP contribution < -0.4 is 5.32 Å². The van der Waals surface area contributed by atoms with E-state index in [0.29, 0.717) is 5.56 Å². The molecule has 0 aliphatic rings. The minimum Gasteiger partial charge on any atom is -0.444 e. The summed E-state index contributed by atoms with van der Waals surface area (Å²) < 4.78 is 47.9. The van der Waals surface area contributed by atoms with Gasteiger partial charge in [0, 0.05) is 5.56 Å². The lowest BCUT2D eigenvalue weighted by Gasteiger charge is -2.20. The van der Waals surface area contributed by atoms with Gasteiger partial charge in [0.2, 0.25) is 11.7 Å². The fourth-order valence-electron chi connectivity index (χ4n) is 1.88. The lowest BCUT2D eigenvalue weighted by atomic mass is 10.1. The molecule has 1 N–H and O–H groups in total. The van der Waals surface area contributed by atoms with Crippen molar-refractivity contribution < 1.29 is 27.2 Å². The van der Waals surface area contributed by atoms with Gasteiger partial charge in [0.05, 0.1) is 5.56 Å². The van der Waals surface area contributed by atoms with Crippen LogP contribution in [0.4, 0.5) is 18.0 Å². The highest BCUT2D eigenvalue weighted by Crippen LogP contribution is 2.30. The molecule has 0 spiro atoms. The Hall–Kier alpha value is -2.58. The van der Waals surface area contributed by atoms with Crippen LogP contribution in [0.25, 0.3) is 11.4 Å². The van der Waals surface area contributed by atoms with Crippen molar-refractivity contribution in [2.24, 2.45) is 0 Å². The van der Waals surface area contributed by atoms with E-state index in [0.717, 1.165) is 12.1 Å². The summed E-state index contributed by atoms with van der Waals surface area (Å²) in [7, 11) is 0. The fraction of sp³-hybridized carbons (Fsp3) is 0.438. The van der Waals surface area contributed by atoms with Gasteiger partial charge in [-0.05, 0) is 39.8 Å². The van der Waals surface area contributed by atoms with E-state index in [4.69, 9.17) is 9.26 Å². The standard InChI is InChI=1S/C16H18F3N3O3/c1-9(20-14(23)24-15(2,3)4)13-21-12(22-25-13)10-5-7-11(8-6-10)16(17,18)19/h5-9H,1-4H3,(H,20,23)/t9-/m0/s1. The highest BCUT2D eigenvalue weighted by atomic mass is 19.4. The number of ether oxygens (including phenoxy) is 1. The number of carbonyl (C=O) groups excluding carboxylic acids is 1. The molecule has 1 heterocycles. The van der Waals surface area contributed by atoms with Gasteiger partial charge in [-0.1, -0.05) is 17.3 Å². The van der Waals surface area contributed by atoms with E-state index >= 15 is 0 Å². The number of carbonyl (C=O) groups is 1. The van der Waals surface area contributed by atoms with E-state index in [9.17, 15) is 18.0 Å². The van der Waals surface area contributed by atoms with Crippen molar-refractivity contribution in [1.29, 1.82) is 0 Å². The Balaban J connectivity index is 2.08. The second kappa shape index (κ2) is 6.73. The normalized spacial score (nSPS) is 13.4. The minimum absolute atomic E-state index is 0.112. The van der Waals surface area contributed by atoms with E-state index in [1.165, 1.54) is 12.1 Å². The second-order valence-electron chi connectivity index (χ2n) is 6.40. The summed E-state index contributed by atoms with van der Waals surface area (Å²) in [6.07, 6.45) is -5.05. The van der Waals surface area contributed by atoms with Gasteiger partial charge < -0.3 is 14.6 Å². The van der Waals surface area contributed by atoms with Gasteiger partial charge in [-0.3, -0.25) is 0 Å². The third-order valence-electron chi connectivity index (χ3n) is 3.02. The number of benzene rings is 1. The third-order valence-corrected chi connectivity index (χ3v) is 3.02. The largest absolute Gasteiger partial charge is 0.444 e. The molecule has 6 nitrogen and oxygen atoms in total. The summed E-state index contributed by atoms with van der Waals surface area (Å²) in [4.78, 5) is 15.8. The van der Waals surface area contributed by atoms with Crippen molar-refractivity contribution in [3.8, 4) is 11.4 Å². The molecule has 1 aromatic carbocycles. The van der Waals surface area contributed by atoms with Crippen LogP contribution in [0.2, 0.25) is 0 Å². The summed E-state index contributed by atoms with van der Waals surface area (Å²) in [5, 5.41) is 6.26. The van der Waals surface area contributed by atoms with Gasteiger partial charge in [-0.2, -0.15) is 18.2 Å². The second-order valence-corrected chi connectivity index (χ2v) is 6.40. The molecule has 0 unspecified atom stereocenters. The highest BCUT2D eigenvalue weighted by molar-refractivity contribution is 5.68. The predicted molar refractivity (Wildman–Crippen MR) is 82.5 cm³/mol. The molecule has 2 aromatic rings. The summed E-state index contributed by atoms with van der Waals surface area (Å²) in [5.41, 5.74) is -1.04. The zero-order valence-corrected chi connectivity index (χ0v) is 14.1. The number of hydrogen-bond acceptors (Lipinski definition) is 5. The molecule has 25 heavy (non-hydrogen) atoms. The first-order valence-electron chi connectivity index (χ1n) is 7.46. The van der Waals surface area contributed by atoms with E-state index in [-0.39, 0.29) is 11.7 Å². The maximum absolute atomic E-state index is 12.6. The number of nitrogens with zero attached hydrogens (tertiary/aromatic N) is 2. The number of alkyl carbamates (subject to hydrolysis) is 1. The zero-order chi connectivity index (χ0) is 18.8. The molecule has 0 saturated heterocycles. The van der Waals surface area contributed by atoms with Crippen molar-refractivity contribution in [3.63, 3.8) is 0 Å². The number of rotatable bonds is 3. The van der Waals surface area contributed by atoms with Crippen LogP contribution in [0.1, 0.15) is 45.2 Å². The van der Waals surface area contributed by atoms with Crippen LogP contribution in [-0.2, 0) is 10.9 Å². The zero-order valence-electron chi connectivity index (χ0n) is 14.1. The Labute approximate surface area is 142 Å². The molecule has 0 aliphatic carbocycles. The monoisotopic (exact) mass is 357 g/mol. The van der Waals surface area contributed by atoms with Gasteiger partial charge in [0.15, 0.2) is 0 Å². The maximum Gasteiger partial charge on any atom is 0.416 e. The van der Waals surface area contributed by atoms with Crippen LogP contribution in [-0.4, -0.2) is 21.8 Å². The van der Waals surface area contributed by atoms with Crippen molar-refractivity contribution >= 4 is 6.09 Å². The Bertz CT molecular complexity index is 734. The van der Waals surface area contributed by atoms with Crippen molar-refractivity contribution in [1.82, 2.24) is 15.5 Å². The average molecular weight is 357 g/mol. The molecule has 136 valence electrons. The lowest BCUT2D eigenvalue weighted by molar-refractivity contribution is -0.137. The molecule has 1 amide bonds. The molecule has 1 aromatic heterocycles. The van der Waals surface area contributed by atoms with E-state index in [1.54, 1.807) is 27.7 Å². The first kappa shape index (κ1) is 18.8. The van der Waals surface area contributed by atoms with Crippen LogP contribution in [0.15, 0.2) is 28.8 Å². The molecule has 0 radical (unpaired) electrons. The molecule has 9 heteroatoms. The van der Waals surface area contributed by atoms with Crippen LogP contribution in [0, 0.1) is 0 Å². The quantitative estimate of drug-likeness (QED) is 0.884. The SMILES string of the molecule is C[C@H](NC(=O)OC(C)(C)C)c1nc(-c2ccc(C(F)(F)F)cc2)no1.